The predicted molar refractivity (Wildman–Crippen MR) is 144 cm³/mol. The number of para-hydroxylation sites is 1. The first kappa shape index (κ1) is 38.0. The molecule has 0 radical (unpaired) electrons. The summed E-state index contributed by atoms with van der Waals surface area (Å²) in [7, 11) is 0. The molecule has 0 saturated carbocycles. The van der Waals surface area contributed by atoms with Crippen LogP contribution in [0.1, 0.15) is 60.8 Å². The van der Waals surface area contributed by atoms with Gasteiger partial charge in [0, 0.05) is 12.5 Å². The van der Waals surface area contributed by atoms with E-state index in [1.807, 2.05) is 41.5 Å². The van der Waals surface area contributed by atoms with Crippen LogP contribution in [-0.2, 0) is 19.2 Å². The molecule has 1 aromatic carbocycles. The van der Waals surface area contributed by atoms with E-state index in [0.717, 1.165) is 6.42 Å². The standard InChI is InChI=1S/C29H46N2O8.Na/c1-7-19(6)15-30-27(35)21(18(4)5)14-23(32)22(13-17(2)3)31-28(36)25(26(34)29(37)38)24(33)16-39-20-11-9-8-10-12-20;/h8-12,17-19,21-23,25-26,32,34H,7,13-16H2,1-6H3,(H,30,35)(H,31,36)(H,37,38);/q;+1/p-1/t19-,21+,22+,23?,25?,26?;/m1./s1. The van der Waals surface area contributed by atoms with Crippen LogP contribution >= 0.6 is 0 Å². The maximum Gasteiger partial charge on any atom is 1.00 e. The van der Waals surface area contributed by atoms with Gasteiger partial charge in [-0.2, -0.15) is 0 Å². The zero-order chi connectivity index (χ0) is 29.7. The molecule has 40 heavy (non-hydrogen) atoms. The molecule has 10 nitrogen and oxygen atoms in total. The normalized spacial score (nSPS) is 15.7. The van der Waals surface area contributed by atoms with Crippen LogP contribution in [0.25, 0.3) is 0 Å². The van der Waals surface area contributed by atoms with Crippen molar-refractivity contribution in [3.05, 3.63) is 30.3 Å². The van der Waals surface area contributed by atoms with Crippen molar-refractivity contribution < 1.29 is 68.8 Å². The average molecular weight is 573 g/mol. The summed E-state index contributed by atoms with van der Waals surface area (Å²) in [5.74, 6) is -6.24. The summed E-state index contributed by atoms with van der Waals surface area (Å²) in [6.45, 7) is 11.4. The monoisotopic (exact) mass is 572 g/mol. The Hall–Kier alpha value is -1.98. The van der Waals surface area contributed by atoms with Gasteiger partial charge in [0.2, 0.25) is 11.8 Å². The van der Waals surface area contributed by atoms with Crippen molar-refractivity contribution in [2.75, 3.05) is 13.2 Å². The van der Waals surface area contributed by atoms with Gasteiger partial charge in [0.05, 0.1) is 18.1 Å². The van der Waals surface area contributed by atoms with Gasteiger partial charge in [-0.25, -0.2) is 0 Å². The SMILES string of the molecule is CC[C@@H](C)CNC(=O)[C@@H](CC(O)[C@H](CC(C)C)NC(=O)C(C(=O)COc1ccccc1)C(O)C(=O)[O-])C(C)C.[Na+]. The van der Waals surface area contributed by atoms with E-state index in [1.165, 1.54) is 0 Å². The third-order valence-corrected chi connectivity index (χ3v) is 6.79. The summed E-state index contributed by atoms with van der Waals surface area (Å²) in [4.78, 5) is 50.3. The number of aliphatic hydroxyl groups excluding tert-OH is 2. The Morgan fingerprint density at radius 2 is 1.55 bits per heavy atom. The Bertz CT molecular complexity index is 928. The fourth-order valence-corrected chi connectivity index (χ4v) is 4.11. The fraction of sp³-hybridized carbons (Fsp3) is 0.655. The molecule has 0 fully saturated rings. The van der Waals surface area contributed by atoms with Gasteiger partial charge < -0.3 is 35.5 Å². The van der Waals surface area contributed by atoms with Gasteiger partial charge in [-0.3, -0.25) is 14.4 Å². The number of hydrogen-bond acceptors (Lipinski definition) is 8. The molecule has 1 aromatic rings. The molecule has 0 aromatic heterocycles. The second kappa shape index (κ2) is 19.2. The van der Waals surface area contributed by atoms with Gasteiger partial charge >= 0.3 is 29.6 Å². The Balaban J connectivity index is 0.0000152. The largest absolute Gasteiger partial charge is 1.00 e. The number of hydrogen-bond donors (Lipinski definition) is 4. The number of amides is 2. The minimum absolute atomic E-state index is 0. The van der Waals surface area contributed by atoms with Gasteiger partial charge in [0.1, 0.15) is 24.4 Å². The smallest absolute Gasteiger partial charge is 0.547 e. The van der Waals surface area contributed by atoms with E-state index < -0.39 is 54.4 Å². The van der Waals surface area contributed by atoms with Crippen LogP contribution in [0, 0.1) is 29.6 Å². The number of Topliss-reactive ketones (excluding diaryl/α,β-unsaturated/α-hetero) is 1. The van der Waals surface area contributed by atoms with E-state index in [-0.39, 0.29) is 60.1 Å². The molecule has 1 rings (SSSR count). The Kier molecular flexibility index (Phi) is 18.2. The number of carbonyl (C=O) groups is 4. The Labute approximate surface area is 259 Å². The molecule has 0 aliphatic heterocycles. The Morgan fingerprint density at radius 1 is 0.950 bits per heavy atom. The third kappa shape index (κ3) is 13.1. The third-order valence-electron chi connectivity index (χ3n) is 6.79. The number of benzene rings is 1. The van der Waals surface area contributed by atoms with Gasteiger partial charge in [0.15, 0.2) is 5.78 Å². The van der Waals surface area contributed by atoms with Gasteiger partial charge in [-0.05, 0) is 42.7 Å². The summed E-state index contributed by atoms with van der Waals surface area (Å²) in [6.07, 6.45) is -2.35. The van der Waals surface area contributed by atoms with Crippen LogP contribution in [0.15, 0.2) is 30.3 Å². The first-order valence-electron chi connectivity index (χ1n) is 13.6. The van der Waals surface area contributed by atoms with Crippen molar-refractivity contribution >= 4 is 23.6 Å². The summed E-state index contributed by atoms with van der Waals surface area (Å²) < 4.78 is 5.35. The second-order valence-corrected chi connectivity index (χ2v) is 11.0. The number of rotatable bonds is 18. The molecular formula is C29H45N2NaO8. The Morgan fingerprint density at radius 3 is 2.05 bits per heavy atom. The van der Waals surface area contributed by atoms with Crippen molar-refractivity contribution in [2.45, 2.75) is 79.1 Å². The van der Waals surface area contributed by atoms with Crippen LogP contribution < -0.4 is 50.0 Å². The zero-order valence-corrected chi connectivity index (χ0v) is 26.9. The molecule has 11 heteroatoms. The van der Waals surface area contributed by atoms with Crippen LogP contribution in [0.3, 0.4) is 0 Å². The summed E-state index contributed by atoms with van der Waals surface area (Å²) in [6, 6.07) is 7.35. The molecule has 0 saturated heterocycles. The van der Waals surface area contributed by atoms with E-state index in [4.69, 9.17) is 4.74 Å². The van der Waals surface area contributed by atoms with Crippen molar-refractivity contribution in [3.8, 4) is 5.75 Å². The van der Waals surface area contributed by atoms with E-state index in [2.05, 4.69) is 10.6 Å². The number of aliphatic carboxylic acids is 1. The van der Waals surface area contributed by atoms with Crippen LogP contribution in [0.5, 0.6) is 5.75 Å². The van der Waals surface area contributed by atoms with Gasteiger partial charge in [0.25, 0.3) is 0 Å². The van der Waals surface area contributed by atoms with Crippen LogP contribution in [0.2, 0.25) is 0 Å². The number of ether oxygens (including phenoxy) is 1. The maximum atomic E-state index is 13.2. The van der Waals surface area contributed by atoms with Crippen LogP contribution in [-0.4, -0.2) is 65.2 Å². The first-order chi connectivity index (χ1) is 18.3. The summed E-state index contributed by atoms with van der Waals surface area (Å²) >= 11 is 0. The van der Waals surface area contributed by atoms with Crippen molar-refractivity contribution in [1.29, 1.82) is 0 Å². The number of carbonyl (C=O) groups excluding carboxylic acids is 4. The molecule has 220 valence electrons. The van der Waals surface area contributed by atoms with E-state index >= 15 is 0 Å². The number of ketones is 1. The number of carboxylic acids is 1. The minimum atomic E-state index is -2.41. The maximum absolute atomic E-state index is 13.2. The van der Waals surface area contributed by atoms with E-state index in [0.29, 0.717) is 18.2 Å². The van der Waals surface area contributed by atoms with Crippen molar-refractivity contribution in [1.82, 2.24) is 10.6 Å². The molecule has 4 N–H and O–H groups in total. The molecule has 0 spiro atoms. The molecule has 0 heterocycles. The number of aliphatic hydroxyl groups is 2. The molecule has 0 aliphatic carbocycles. The molecule has 2 amide bonds. The first-order valence-corrected chi connectivity index (χ1v) is 13.6. The minimum Gasteiger partial charge on any atom is -0.547 e. The average Bonchev–Trinajstić information content (AvgIpc) is 2.88. The molecular weight excluding hydrogens is 527 g/mol. The summed E-state index contributed by atoms with van der Waals surface area (Å²) in [5.41, 5.74) is 0. The second-order valence-electron chi connectivity index (χ2n) is 11.0. The quantitative estimate of drug-likeness (QED) is 0.117. The molecule has 6 atom stereocenters. The zero-order valence-electron chi connectivity index (χ0n) is 24.9. The van der Waals surface area contributed by atoms with Gasteiger partial charge in [-0.1, -0.05) is 66.2 Å². The topological polar surface area (TPSA) is 165 Å². The summed E-state index contributed by atoms with van der Waals surface area (Å²) in [5, 5.41) is 38.2. The van der Waals surface area contributed by atoms with Crippen LogP contribution in [0.4, 0.5) is 0 Å². The number of carboxylic acid groups (broad SMARTS) is 1. The fourth-order valence-electron chi connectivity index (χ4n) is 4.11. The molecule has 3 unspecified atom stereocenters. The molecule has 0 aliphatic rings. The van der Waals surface area contributed by atoms with Gasteiger partial charge in [-0.15, -0.1) is 0 Å². The van der Waals surface area contributed by atoms with Crippen molar-refractivity contribution in [3.63, 3.8) is 0 Å². The van der Waals surface area contributed by atoms with Crippen molar-refractivity contribution in [2.24, 2.45) is 29.6 Å². The number of nitrogens with one attached hydrogen (secondary N) is 2. The predicted octanol–water partition coefficient (Wildman–Crippen LogP) is -1.92. The van der Waals surface area contributed by atoms with E-state index in [9.17, 15) is 34.5 Å². The van der Waals surface area contributed by atoms with E-state index in [1.54, 1.807) is 30.3 Å². The molecule has 0 bridgehead atoms.